The molecule has 1 fully saturated rings. The molecular weight excluding hydrogens is 319 g/mol. The smallest absolute Gasteiger partial charge is 0.225 e. The maximum Gasteiger partial charge on any atom is 0.225 e. The number of hydrogen-bond acceptors (Lipinski definition) is 5. The fourth-order valence-electron chi connectivity index (χ4n) is 3.26. The normalized spacial score (nSPS) is 15.5. The summed E-state index contributed by atoms with van der Waals surface area (Å²) in [6, 6.07) is 8.20. The van der Waals surface area contributed by atoms with E-state index >= 15 is 0 Å². The number of benzene rings is 1. The van der Waals surface area contributed by atoms with Gasteiger partial charge in [0.25, 0.3) is 0 Å². The molecule has 2 aromatic heterocycles. The van der Waals surface area contributed by atoms with Gasteiger partial charge >= 0.3 is 0 Å². The predicted molar refractivity (Wildman–Crippen MR) is 92.3 cm³/mol. The van der Waals surface area contributed by atoms with Crippen LogP contribution in [0.25, 0.3) is 5.69 Å². The minimum absolute atomic E-state index is 0.252. The summed E-state index contributed by atoms with van der Waals surface area (Å²) >= 11 is 0. The predicted octanol–water partition coefficient (Wildman–Crippen LogP) is 2.89. The number of halogens is 1. The van der Waals surface area contributed by atoms with E-state index < -0.39 is 0 Å². The third kappa shape index (κ3) is 3.22. The van der Waals surface area contributed by atoms with E-state index in [0.29, 0.717) is 5.92 Å². The Hall–Kier alpha value is -2.83. The van der Waals surface area contributed by atoms with E-state index in [0.717, 1.165) is 49.2 Å². The molecular formula is C18H19FN6. The summed E-state index contributed by atoms with van der Waals surface area (Å²) in [7, 11) is 0. The highest BCUT2D eigenvalue weighted by Crippen LogP contribution is 2.29. The van der Waals surface area contributed by atoms with Crippen molar-refractivity contribution in [1.82, 2.24) is 24.7 Å². The number of anilines is 1. The molecule has 0 unspecified atom stereocenters. The van der Waals surface area contributed by atoms with E-state index in [1.54, 1.807) is 24.5 Å². The van der Waals surface area contributed by atoms with Crippen molar-refractivity contribution in [2.75, 3.05) is 18.0 Å². The van der Waals surface area contributed by atoms with Crippen LogP contribution in [0.1, 0.15) is 30.4 Å². The number of hydrogen-bond donors (Lipinski definition) is 0. The number of aromatic nitrogens is 5. The van der Waals surface area contributed by atoms with Gasteiger partial charge in [0.2, 0.25) is 5.95 Å². The zero-order chi connectivity index (χ0) is 17.2. The summed E-state index contributed by atoms with van der Waals surface area (Å²) < 4.78 is 15.0. The molecule has 6 nitrogen and oxygen atoms in total. The SMILES string of the molecule is Cc1nc(C2CCN(c3ncccn3)CC2)n(-c2ccc(F)cc2)n1. The molecule has 0 N–H and O–H groups in total. The lowest BCUT2D eigenvalue weighted by molar-refractivity contribution is 0.472. The van der Waals surface area contributed by atoms with Gasteiger partial charge in [0.15, 0.2) is 0 Å². The molecule has 1 aromatic carbocycles. The first-order valence-electron chi connectivity index (χ1n) is 8.42. The Morgan fingerprint density at radius 2 is 1.72 bits per heavy atom. The van der Waals surface area contributed by atoms with Crippen molar-refractivity contribution in [1.29, 1.82) is 0 Å². The Kier molecular flexibility index (Phi) is 4.13. The van der Waals surface area contributed by atoms with E-state index in [2.05, 4.69) is 25.0 Å². The molecule has 128 valence electrons. The van der Waals surface area contributed by atoms with Gasteiger partial charge in [0.1, 0.15) is 17.5 Å². The monoisotopic (exact) mass is 338 g/mol. The summed E-state index contributed by atoms with van der Waals surface area (Å²) in [5.74, 6) is 2.51. The first-order valence-corrected chi connectivity index (χ1v) is 8.42. The second kappa shape index (κ2) is 6.58. The van der Waals surface area contributed by atoms with Gasteiger partial charge in [0.05, 0.1) is 5.69 Å². The highest BCUT2D eigenvalue weighted by atomic mass is 19.1. The molecule has 1 saturated heterocycles. The van der Waals surface area contributed by atoms with Crippen molar-refractivity contribution in [3.05, 3.63) is 60.2 Å². The second-order valence-corrected chi connectivity index (χ2v) is 6.22. The molecule has 1 aliphatic rings. The zero-order valence-corrected chi connectivity index (χ0v) is 14.0. The van der Waals surface area contributed by atoms with E-state index in [1.165, 1.54) is 12.1 Å². The van der Waals surface area contributed by atoms with Crippen molar-refractivity contribution < 1.29 is 4.39 Å². The highest BCUT2D eigenvalue weighted by Gasteiger charge is 2.26. The molecule has 3 aromatic rings. The molecule has 7 heteroatoms. The molecule has 0 atom stereocenters. The summed E-state index contributed by atoms with van der Waals surface area (Å²) in [5.41, 5.74) is 0.839. The maximum absolute atomic E-state index is 13.2. The van der Waals surface area contributed by atoms with Crippen molar-refractivity contribution in [3.8, 4) is 5.69 Å². The van der Waals surface area contributed by atoms with Gasteiger partial charge in [-0.15, -0.1) is 0 Å². The van der Waals surface area contributed by atoms with Crippen LogP contribution in [-0.2, 0) is 0 Å². The summed E-state index contributed by atoms with van der Waals surface area (Å²) in [4.78, 5) is 15.5. The molecule has 0 spiro atoms. The van der Waals surface area contributed by atoms with Gasteiger partial charge < -0.3 is 4.90 Å². The largest absolute Gasteiger partial charge is 0.341 e. The third-order valence-electron chi connectivity index (χ3n) is 4.50. The molecule has 4 rings (SSSR count). The fraction of sp³-hybridized carbons (Fsp3) is 0.333. The van der Waals surface area contributed by atoms with Crippen molar-refractivity contribution in [2.24, 2.45) is 0 Å². The Bertz CT molecular complexity index is 838. The van der Waals surface area contributed by atoms with Gasteiger partial charge in [0, 0.05) is 31.4 Å². The van der Waals surface area contributed by atoms with Crippen LogP contribution >= 0.6 is 0 Å². The summed E-state index contributed by atoms with van der Waals surface area (Å²) in [5, 5.41) is 4.51. The number of piperidine rings is 1. The van der Waals surface area contributed by atoms with Gasteiger partial charge in [-0.3, -0.25) is 0 Å². The number of aryl methyl sites for hydroxylation is 1. The Balaban J connectivity index is 1.54. The summed E-state index contributed by atoms with van der Waals surface area (Å²) in [6.07, 6.45) is 5.45. The van der Waals surface area contributed by atoms with Crippen molar-refractivity contribution >= 4 is 5.95 Å². The van der Waals surface area contributed by atoms with Crippen LogP contribution in [0.15, 0.2) is 42.7 Å². The Morgan fingerprint density at radius 3 is 2.40 bits per heavy atom. The maximum atomic E-state index is 13.2. The fourth-order valence-corrected chi connectivity index (χ4v) is 3.26. The lowest BCUT2D eigenvalue weighted by Crippen LogP contribution is -2.34. The molecule has 25 heavy (non-hydrogen) atoms. The van der Waals surface area contributed by atoms with Crippen LogP contribution in [0, 0.1) is 12.7 Å². The minimum Gasteiger partial charge on any atom is -0.341 e. The quantitative estimate of drug-likeness (QED) is 0.735. The Labute approximate surface area is 145 Å². The standard InChI is InChI=1S/C18H19FN6/c1-13-22-17(25(23-13)16-5-3-15(19)4-6-16)14-7-11-24(12-8-14)18-20-9-2-10-21-18/h2-6,9-10,14H,7-8,11-12H2,1H3. The van der Waals surface area contributed by atoms with E-state index in [9.17, 15) is 4.39 Å². The molecule has 0 saturated carbocycles. The zero-order valence-electron chi connectivity index (χ0n) is 14.0. The van der Waals surface area contributed by atoms with Crippen molar-refractivity contribution in [3.63, 3.8) is 0 Å². The first kappa shape index (κ1) is 15.7. The lowest BCUT2D eigenvalue weighted by Gasteiger charge is -2.31. The van der Waals surface area contributed by atoms with Crippen LogP contribution in [0.2, 0.25) is 0 Å². The first-order chi connectivity index (χ1) is 12.2. The van der Waals surface area contributed by atoms with Crippen LogP contribution in [-0.4, -0.2) is 37.8 Å². The van der Waals surface area contributed by atoms with Crippen LogP contribution < -0.4 is 4.90 Å². The van der Waals surface area contributed by atoms with E-state index in [1.807, 2.05) is 17.7 Å². The van der Waals surface area contributed by atoms with Crippen LogP contribution in [0.4, 0.5) is 10.3 Å². The second-order valence-electron chi connectivity index (χ2n) is 6.22. The third-order valence-corrected chi connectivity index (χ3v) is 4.50. The van der Waals surface area contributed by atoms with Crippen LogP contribution in [0.3, 0.4) is 0 Å². The topological polar surface area (TPSA) is 59.7 Å². The van der Waals surface area contributed by atoms with Gasteiger partial charge in [-0.1, -0.05) is 0 Å². The average molecular weight is 338 g/mol. The molecule has 3 heterocycles. The van der Waals surface area contributed by atoms with E-state index in [-0.39, 0.29) is 5.82 Å². The molecule has 1 aliphatic heterocycles. The lowest BCUT2D eigenvalue weighted by atomic mass is 9.96. The van der Waals surface area contributed by atoms with Gasteiger partial charge in [-0.2, -0.15) is 5.10 Å². The van der Waals surface area contributed by atoms with E-state index in [4.69, 9.17) is 0 Å². The minimum atomic E-state index is -0.252. The number of nitrogens with zero attached hydrogens (tertiary/aromatic N) is 6. The number of rotatable bonds is 3. The van der Waals surface area contributed by atoms with Crippen LogP contribution in [0.5, 0.6) is 0 Å². The molecule has 0 aliphatic carbocycles. The van der Waals surface area contributed by atoms with Crippen molar-refractivity contribution in [2.45, 2.75) is 25.7 Å². The average Bonchev–Trinajstić information content (AvgIpc) is 3.05. The summed E-state index contributed by atoms with van der Waals surface area (Å²) in [6.45, 7) is 3.64. The molecule has 0 radical (unpaired) electrons. The molecule has 0 bridgehead atoms. The van der Waals surface area contributed by atoms with Gasteiger partial charge in [-0.25, -0.2) is 24.0 Å². The Morgan fingerprint density at radius 1 is 1.04 bits per heavy atom. The molecule has 0 amide bonds. The highest BCUT2D eigenvalue weighted by molar-refractivity contribution is 5.34. The van der Waals surface area contributed by atoms with Gasteiger partial charge in [-0.05, 0) is 50.1 Å².